The molecule has 94 valence electrons. The Morgan fingerprint density at radius 3 is 2.65 bits per heavy atom. The Bertz CT molecular complexity index is 526. The number of anilines is 1. The van der Waals surface area contributed by atoms with Crippen LogP contribution in [0.3, 0.4) is 0 Å². The average Bonchev–Trinajstić information content (AvgIpc) is 3.05. The molecule has 1 aliphatic rings. The molecule has 4 nitrogen and oxygen atoms in total. The van der Waals surface area contributed by atoms with Gasteiger partial charge in [-0.1, -0.05) is 11.6 Å². The van der Waals surface area contributed by atoms with E-state index in [1.54, 1.807) is 7.05 Å². The van der Waals surface area contributed by atoms with Crippen LogP contribution in [0.25, 0.3) is 0 Å². The molecule has 1 fully saturated rings. The average molecular weight is 275 g/mol. The number of sulfonamides is 1. The summed E-state index contributed by atoms with van der Waals surface area (Å²) >= 11 is 5.77. The normalized spacial score (nSPS) is 16.4. The zero-order chi connectivity index (χ0) is 12.6. The van der Waals surface area contributed by atoms with Crippen molar-refractivity contribution in [3.05, 3.63) is 23.2 Å². The summed E-state index contributed by atoms with van der Waals surface area (Å²) in [5.41, 5.74) is 5.90. The highest BCUT2D eigenvalue weighted by molar-refractivity contribution is 7.89. The third-order valence-electron chi connectivity index (χ3n) is 2.89. The van der Waals surface area contributed by atoms with Gasteiger partial charge in [-0.15, -0.1) is 0 Å². The van der Waals surface area contributed by atoms with Crippen LogP contribution in [0.2, 0.25) is 5.02 Å². The summed E-state index contributed by atoms with van der Waals surface area (Å²) in [6.45, 7) is 0.574. The molecule has 0 saturated heterocycles. The van der Waals surface area contributed by atoms with Crippen molar-refractivity contribution >= 4 is 27.3 Å². The van der Waals surface area contributed by atoms with Gasteiger partial charge in [0.2, 0.25) is 10.0 Å². The maximum atomic E-state index is 12.2. The predicted molar refractivity (Wildman–Crippen MR) is 68.4 cm³/mol. The Labute approximate surface area is 106 Å². The van der Waals surface area contributed by atoms with Crippen LogP contribution >= 0.6 is 11.6 Å². The number of nitrogen functional groups attached to an aromatic ring is 1. The third-order valence-corrected chi connectivity index (χ3v) is 5.05. The second-order valence-corrected chi connectivity index (χ2v) is 6.86. The molecule has 1 aromatic carbocycles. The van der Waals surface area contributed by atoms with E-state index in [0.29, 0.717) is 17.5 Å². The molecule has 0 unspecified atom stereocenters. The van der Waals surface area contributed by atoms with Gasteiger partial charge in [0.25, 0.3) is 0 Å². The minimum Gasteiger partial charge on any atom is -0.397 e. The van der Waals surface area contributed by atoms with Gasteiger partial charge in [-0.3, -0.25) is 0 Å². The second kappa shape index (κ2) is 4.48. The summed E-state index contributed by atoms with van der Waals surface area (Å²) in [7, 11) is -1.84. The lowest BCUT2D eigenvalue weighted by Crippen LogP contribution is -2.29. The molecule has 0 aromatic heterocycles. The van der Waals surface area contributed by atoms with Crippen molar-refractivity contribution in [3.8, 4) is 0 Å². The van der Waals surface area contributed by atoms with Crippen LogP contribution in [0.15, 0.2) is 23.1 Å². The highest BCUT2D eigenvalue weighted by Gasteiger charge is 2.29. The molecule has 2 N–H and O–H groups in total. The lowest BCUT2D eigenvalue weighted by atomic mass is 10.3. The lowest BCUT2D eigenvalue weighted by Gasteiger charge is -2.17. The Balaban J connectivity index is 2.26. The van der Waals surface area contributed by atoms with Crippen molar-refractivity contribution in [3.63, 3.8) is 0 Å². The maximum Gasteiger partial charge on any atom is 0.242 e. The van der Waals surface area contributed by atoms with E-state index in [1.807, 2.05) is 0 Å². The zero-order valence-electron chi connectivity index (χ0n) is 9.56. The van der Waals surface area contributed by atoms with Gasteiger partial charge in [0.05, 0.1) is 15.6 Å². The van der Waals surface area contributed by atoms with E-state index in [1.165, 1.54) is 22.5 Å². The van der Waals surface area contributed by atoms with Gasteiger partial charge >= 0.3 is 0 Å². The minimum atomic E-state index is -3.44. The molecule has 0 spiro atoms. The van der Waals surface area contributed by atoms with Gasteiger partial charge in [0, 0.05) is 13.6 Å². The number of nitrogens with zero attached hydrogens (tertiary/aromatic N) is 1. The van der Waals surface area contributed by atoms with Gasteiger partial charge < -0.3 is 5.73 Å². The Morgan fingerprint density at radius 2 is 2.12 bits per heavy atom. The van der Waals surface area contributed by atoms with E-state index in [-0.39, 0.29) is 10.6 Å². The van der Waals surface area contributed by atoms with E-state index in [4.69, 9.17) is 17.3 Å². The number of hydrogen-bond donors (Lipinski definition) is 1. The first-order valence-corrected chi connectivity index (χ1v) is 7.24. The molecule has 0 heterocycles. The first-order valence-electron chi connectivity index (χ1n) is 5.42. The number of rotatable bonds is 4. The molecule has 0 atom stereocenters. The van der Waals surface area contributed by atoms with Crippen molar-refractivity contribution in [1.29, 1.82) is 0 Å². The smallest absolute Gasteiger partial charge is 0.242 e. The Morgan fingerprint density at radius 1 is 1.47 bits per heavy atom. The van der Waals surface area contributed by atoms with Crippen LogP contribution in [0, 0.1) is 5.92 Å². The van der Waals surface area contributed by atoms with Crippen molar-refractivity contribution in [2.24, 2.45) is 5.92 Å². The number of hydrogen-bond acceptors (Lipinski definition) is 3. The quantitative estimate of drug-likeness (QED) is 0.854. The SMILES string of the molecule is CN(CC1CC1)S(=O)(=O)c1ccc(Cl)c(N)c1. The second-order valence-electron chi connectivity index (χ2n) is 4.41. The Hall–Kier alpha value is -0.780. The van der Waals surface area contributed by atoms with E-state index in [9.17, 15) is 8.42 Å². The van der Waals surface area contributed by atoms with Crippen LogP contribution in [0.5, 0.6) is 0 Å². The summed E-state index contributed by atoms with van der Waals surface area (Å²) in [6, 6.07) is 4.40. The van der Waals surface area contributed by atoms with E-state index < -0.39 is 10.0 Å². The third kappa shape index (κ3) is 2.73. The molecule has 1 saturated carbocycles. The van der Waals surface area contributed by atoms with Gasteiger partial charge in [-0.05, 0) is 37.0 Å². The molecular formula is C11H15ClN2O2S. The van der Waals surface area contributed by atoms with Gasteiger partial charge in [0.15, 0.2) is 0 Å². The van der Waals surface area contributed by atoms with Crippen LogP contribution < -0.4 is 5.73 Å². The monoisotopic (exact) mass is 274 g/mol. The fraction of sp³-hybridized carbons (Fsp3) is 0.455. The van der Waals surface area contributed by atoms with Crippen LogP contribution in [-0.2, 0) is 10.0 Å². The predicted octanol–water partition coefficient (Wildman–Crippen LogP) is 1.95. The minimum absolute atomic E-state index is 0.197. The molecule has 0 bridgehead atoms. The van der Waals surface area contributed by atoms with Crippen molar-refractivity contribution in [1.82, 2.24) is 4.31 Å². The summed E-state index contributed by atoms with van der Waals surface area (Å²) in [4.78, 5) is 0.197. The number of nitrogens with two attached hydrogens (primary N) is 1. The molecule has 17 heavy (non-hydrogen) atoms. The highest BCUT2D eigenvalue weighted by atomic mass is 35.5. The van der Waals surface area contributed by atoms with E-state index >= 15 is 0 Å². The van der Waals surface area contributed by atoms with Crippen LogP contribution in [-0.4, -0.2) is 26.3 Å². The van der Waals surface area contributed by atoms with Crippen LogP contribution in [0.1, 0.15) is 12.8 Å². The number of halogens is 1. The molecule has 0 amide bonds. The first kappa shape index (κ1) is 12.7. The van der Waals surface area contributed by atoms with Crippen molar-refractivity contribution < 1.29 is 8.42 Å². The molecule has 0 radical (unpaired) electrons. The zero-order valence-corrected chi connectivity index (χ0v) is 11.1. The lowest BCUT2D eigenvalue weighted by molar-refractivity contribution is 0.453. The molecule has 1 aliphatic carbocycles. The fourth-order valence-electron chi connectivity index (χ4n) is 1.62. The molecule has 2 rings (SSSR count). The Kier molecular flexibility index (Phi) is 3.34. The van der Waals surface area contributed by atoms with E-state index in [0.717, 1.165) is 12.8 Å². The van der Waals surface area contributed by atoms with Crippen LogP contribution in [0.4, 0.5) is 5.69 Å². The molecule has 0 aliphatic heterocycles. The van der Waals surface area contributed by atoms with Crippen molar-refractivity contribution in [2.45, 2.75) is 17.7 Å². The standard InChI is InChI=1S/C11H15ClN2O2S/c1-14(7-8-2-3-8)17(15,16)9-4-5-10(12)11(13)6-9/h4-6,8H,2-3,7,13H2,1H3. The van der Waals surface area contributed by atoms with Gasteiger partial charge in [0.1, 0.15) is 0 Å². The van der Waals surface area contributed by atoms with Crippen molar-refractivity contribution in [2.75, 3.05) is 19.3 Å². The summed E-state index contributed by atoms with van der Waals surface area (Å²) in [5.74, 6) is 0.513. The molecule has 1 aromatic rings. The fourth-order valence-corrected chi connectivity index (χ4v) is 3.02. The molecule has 6 heteroatoms. The largest absolute Gasteiger partial charge is 0.397 e. The van der Waals surface area contributed by atoms with Gasteiger partial charge in [-0.25, -0.2) is 12.7 Å². The highest BCUT2D eigenvalue weighted by Crippen LogP contribution is 2.31. The van der Waals surface area contributed by atoms with E-state index in [2.05, 4.69) is 0 Å². The summed E-state index contributed by atoms with van der Waals surface area (Å²) in [5, 5.41) is 0.369. The maximum absolute atomic E-state index is 12.2. The topological polar surface area (TPSA) is 63.4 Å². The summed E-state index contributed by atoms with van der Waals surface area (Å²) < 4.78 is 25.8. The summed E-state index contributed by atoms with van der Waals surface area (Å²) in [6.07, 6.45) is 2.23. The number of benzene rings is 1. The first-order chi connectivity index (χ1) is 7.91. The van der Waals surface area contributed by atoms with Gasteiger partial charge in [-0.2, -0.15) is 0 Å². The molecular weight excluding hydrogens is 260 g/mol.